The molecule has 0 bridgehead atoms. The van der Waals surface area contributed by atoms with Crippen LogP contribution in [-0.4, -0.2) is 100 Å². The molecule has 4 rings (SSSR count). The summed E-state index contributed by atoms with van der Waals surface area (Å²) >= 11 is 2.40. The number of tetrazole rings is 1. The van der Waals surface area contributed by atoms with Crippen molar-refractivity contribution in [2.75, 3.05) is 18.1 Å². The summed E-state index contributed by atoms with van der Waals surface area (Å²) < 4.78 is 6.36. The number of fused-ring (bicyclic) bond motifs is 1. The number of aromatic nitrogens is 4. The number of hydrogen-bond acceptors (Lipinski definition) is 11. The summed E-state index contributed by atoms with van der Waals surface area (Å²) in [5, 5.41) is 34.9. The second kappa shape index (κ2) is 13.0. The Labute approximate surface area is 249 Å². The van der Waals surface area contributed by atoms with Crippen LogP contribution >= 0.6 is 23.5 Å². The predicted molar refractivity (Wildman–Crippen MR) is 150 cm³/mol. The van der Waals surface area contributed by atoms with Crippen molar-refractivity contribution in [1.82, 2.24) is 35.7 Å². The molecule has 1 fully saturated rings. The zero-order chi connectivity index (χ0) is 30.6. The standard InChI is InChI=1S/C25H31N7O8S2/c1-25(2,3)40-24(39)26-9-14-7-5-4-6-13(14)8-16(33)27-18-20(36)32-19(22(37)38)15(11-41-21(18)32)12-42-23-28-29-30-31(23)10-17(34)35/h4-5,18,21H,6-12H2,1-3H3,(H,26,39)(H,27,33)(H,34,35)(H,37,38)/t18?,21-/m1/s1. The molecule has 3 heterocycles. The summed E-state index contributed by atoms with van der Waals surface area (Å²) in [6, 6.07) is -0.878. The second-order valence-corrected chi connectivity index (χ2v) is 12.7. The number of nitrogens with one attached hydrogen (secondary N) is 2. The van der Waals surface area contributed by atoms with Crippen LogP contribution in [-0.2, 0) is 30.5 Å². The first kappa shape index (κ1) is 31.1. The Morgan fingerprint density at radius 2 is 1.86 bits per heavy atom. The van der Waals surface area contributed by atoms with Crippen molar-refractivity contribution in [3.8, 4) is 0 Å². The quantitative estimate of drug-likeness (QED) is 0.156. The van der Waals surface area contributed by atoms with E-state index in [-0.39, 0.29) is 41.2 Å². The van der Waals surface area contributed by atoms with Gasteiger partial charge in [-0.2, -0.15) is 0 Å². The number of carboxylic acid groups (broad SMARTS) is 2. The van der Waals surface area contributed by atoms with E-state index >= 15 is 0 Å². The number of carbonyl (C=O) groups excluding carboxylic acids is 3. The van der Waals surface area contributed by atoms with Gasteiger partial charge in [0.2, 0.25) is 11.1 Å². The molecule has 2 atom stereocenters. The van der Waals surface area contributed by atoms with Gasteiger partial charge in [-0.05, 0) is 55.2 Å². The van der Waals surface area contributed by atoms with E-state index in [4.69, 9.17) is 9.84 Å². The summed E-state index contributed by atoms with van der Waals surface area (Å²) in [4.78, 5) is 62.4. The van der Waals surface area contributed by atoms with Crippen LogP contribution in [0.25, 0.3) is 0 Å². The van der Waals surface area contributed by atoms with Crippen LogP contribution < -0.4 is 10.6 Å². The van der Waals surface area contributed by atoms with Gasteiger partial charge < -0.3 is 25.6 Å². The van der Waals surface area contributed by atoms with E-state index in [9.17, 15) is 29.1 Å². The molecule has 0 radical (unpaired) electrons. The molecule has 17 heteroatoms. The first-order valence-corrected chi connectivity index (χ1v) is 15.0. The predicted octanol–water partition coefficient (Wildman–Crippen LogP) is 1.15. The number of carboxylic acids is 2. The molecule has 3 amide bonds. The summed E-state index contributed by atoms with van der Waals surface area (Å²) in [6.45, 7) is 5.09. The van der Waals surface area contributed by atoms with Gasteiger partial charge in [0.15, 0.2) is 0 Å². The Balaban J connectivity index is 1.37. The van der Waals surface area contributed by atoms with Gasteiger partial charge in [-0.3, -0.25) is 19.3 Å². The maximum atomic E-state index is 13.1. The van der Waals surface area contributed by atoms with Gasteiger partial charge in [-0.1, -0.05) is 29.5 Å². The molecule has 1 saturated heterocycles. The highest BCUT2D eigenvalue weighted by atomic mass is 32.2. The van der Waals surface area contributed by atoms with E-state index in [1.807, 2.05) is 12.2 Å². The van der Waals surface area contributed by atoms with Crippen molar-refractivity contribution < 1.29 is 38.9 Å². The van der Waals surface area contributed by atoms with Crippen LogP contribution in [0.1, 0.15) is 40.0 Å². The minimum absolute atomic E-state index is 0.0332. The SMILES string of the molecule is CC(C)(C)OC(=O)NCC1=C(CC(=O)NC2C(=O)N3C(C(=O)O)=C(CSc4nnnn4CC(=O)O)CS[C@H]23)CC=CC1. The lowest BCUT2D eigenvalue weighted by molar-refractivity contribution is -0.150. The van der Waals surface area contributed by atoms with Crippen LogP contribution in [0.5, 0.6) is 0 Å². The van der Waals surface area contributed by atoms with E-state index < -0.39 is 47.5 Å². The summed E-state index contributed by atoms with van der Waals surface area (Å²) in [5.41, 5.74) is 1.39. The Morgan fingerprint density at radius 1 is 1.14 bits per heavy atom. The molecular weight excluding hydrogens is 590 g/mol. The number of allylic oxidation sites excluding steroid dienone is 2. The topological polar surface area (TPSA) is 206 Å². The van der Waals surface area contributed by atoms with E-state index in [0.29, 0.717) is 18.4 Å². The summed E-state index contributed by atoms with van der Waals surface area (Å²) in [6.07, 6.45) is 4.48. The van der Waals surface area contributed by atoms with E-state index in [2.05, 4.69) is 26.2 Å². The Morgan fingerprint density at radius 3 is 2.52 bits per heavy atom. The van der Waals surface area contributed by atoms with Crippen molar-refractivity contribution in [1.29, 1.82) is 0 Å². The molecule has 0 spiro atoms. The molecule has 15 nitrogen and oxygen atoms in total. The van der Waals surface area contributed by atoms with Crippen molar-refractivity contribution in [3.63, 3.8) is 0 Å². The Hall–Kier alpha value is -3.86. The fraction of sp³-hybridized carbons (Fsp3) is 0.520. The maximum Gasteiger partial charge on any atom is 0.407 e. The molecule has 2 aliphatic heterocycles. The highest BCUT2D eigenvalue weighted by molar-refractivity contribution is 8.01. The number of β-lactam (4-membered cyclic amide) rings is 1. The van der Waals surface area contributed by atoms with E-state index in [1.165, 1.54) is 16.7 Å². The number of carbonyl (C=O) groups is 5. The molecule has 1 unspecified atom stereocenters. The van der Waals surface area contributed by atoms with Crippen molar-refractivity contribution in [3.05, 3.63) is 34.6 Å². The fourth-order valence-electron chi connectivity index (χ4n) is 4.52. The highest BCUT2D eigenvalue weighted by Crippen LogP contribution is 2.41. The number of amides is 3. The lowest BCUT2D eigenvalue weighted by Crippen LogP contribution is -2.70. The smallest absolute Gasteiger partial charge is 0.407 e. The van der Waals surface area contributed by atoms with E-state index in [0.717, 1.165) is 27.6 Å². The monoisotopic (exact) mass is 621 g/mol. The summed E-state index contributed by atoms with van der Waals surface area (Å²) in [5.74, 6) is -2.90. The third kappa shape index (κ3) is 7.50. The zero-order valence-electron chi connectivity index (χ0n) is 23.2. The minimum atomic E-state index is -1.28. The molecular formula is C25H31N7O8S2. The lowest BCUT2D eigenvalue weighted by atomic mass is 9.94. The number of alkyl carbamates (subject to hydrolysis) is 1. The van der Waals surface area contributed by atoms with Crippen molar-refractivity contribution in [2.24, 2.45) is 0 Å². The number of aliphatic carboxylic acids is 2. The number of hydrogen-bond donors (Lipinski definition) is 4. The number of rotatable bonds is 11. The first-order valence-electron chi connectivity index (χ1n) is 13.0. The van der Waals surface area contributed by atoms with Crippen LogP contribution in [0.15, 0.2) is 39.7 Å². The lowest BCUT2D eigenvalue weighted by Gasteiger charge is -2.49. The van der Waals surface area contributed by atoms with Crippen LogP contribution in [0.4, 0.5) is 4.79 Å². The normalized spacial score (nSPS) is 20.2. The molecule has 4 N–H and O–H groups in total. The fourth-order valence-corrected chi connectivity index (χ4v) is 6.88. The van der Waals surface area contributed by atoms with Crippen LogP contribution in [0, 0.1) is 0 Å². The average Bonchev–Trinajstić information content (AvgIpc) is 3.34. The number of ether oxygens (including phenoxy) is 1. The van der Waals surface area contributed by atoms with Crippen LogP contribution in [0.3, 0.4) is 0 Å². The third-order valence-corrected chi connectivity index (χ3v) is 8.72. The zero-order valence-corrected chi connectivity index (χ0v) is 24.8. The molecule has 0 aromatic carbocycles. The molecule has 1 aliphatic carbocycles. The molecule has 3 aliphatic rings. The minimum Gasteiger partial charge on any atom is -0.480 e. The Kier molecular flexibility index (Phi) is 9.60. The molecule has 0 saturated carbocycles. The van der Waals surface area contributed by atoms with Gasteiger partial charge in [0.05, 0.1) is 0 Å². The molecule has 226 valence electrons. The van der Waals surface area contributed by atoms with Gasteiger partial charge in [0, 0.05) is 24.5 Å². The molecule has 1 aromatic rings. The maximum absolute atomic E-state index is 13.1. The third-order valence-electron chi connectivity index (χ3n) is 6.34. The largest absolute Gasteiger partial charge is 0.480 e. The van der Waals surface area contributed by atoms with Gasteiger partial charge >= 0.3 is 18.0 Å². The average molecular weight is 622 g/mol. The second-order valence-electron chi connectivity index (χ2n) is 10.6. The number of thioether (sulfide) groups is 2. The molecule has 1 aromatic heterocycles. The van der Waals surface area contributed by atoms with E-state index in [1.54, 1.807) is 20.8 Å². The molecule has 42 heavy (non-hydrogen) atoms. The van der Waals surface area contributed by atoms with Crippen molar-refractivity contribution in [2.45, 2.75) is 68.8 Å². The Bertz CT molecular complexity index is 1380. The van der Waals surface area contributed by atoms with Crippen molar-refractivity contribution >= 4 is 53.4 Å². The van der Waals surface area contributed by atoms with Crippen LogP contribution in [0.2, 0.25) is 0 Å². The van der Waals surface area contributed by atoms with Gasteiger partial charge in [-0.25, -0.2) is 14.3 Å². The van der Waals surface area contributed by atoms with Gasteiger partial charge in [0.1, 0.15) is 29.3 Å². The van der Waals surface area contributed by atoms with Gasteiger partial charge in [-0.15, -0.1) is 16.9 Å². The first-order chi connectivity index (χ1) is 19.8. The summed E-state index contributed by atoms with van der Waals surface area (Å²) in [7, 11) is 0. The van der Waals surface area contributed by atoms with Gasteiger partial charge in [0.25, 0.3) is 5.91 Å². The highest BCUT2D eigenvalue weighted by Gasteiger charge is 2.54. The number of nitrogens with zero attached hydrogens (tertiary/aromatic N) is 5.